The topological polar surface area (TPSA) is 136 Å². The quantitative estimate of drug-likeness (QED) is 0.298. The van der Waals surface area contributed by atoms with Crippen molar-refractivity contribution in [1.29, 1.82) is 0 Å². The lowest BCUT2D eigenvalue weighted by atomic mass is 9.93. The van der Waals surface area contributed by atoms with Crippen LogP contribution < -0.4 is 13.7 Å². The molecule has 1 heterocycles. The Morgan fingerprint density at radius 2 is 1.53 bits per heavy atom. The number of aliphatic hydroxyl groups is 1. The van der Waals surface area contributed by atoms with Gasteiger partial charge in [0.25, 0.3) is 0 Å². The summed E-state index contributed by atoms with van der Waals surface area (Å²) in [5, 5.41) is 19.7. The first-order valence-electron chi connectivity index (χ1n) is 11.3. The Hall–Kier alpha value is -3.54. The molecule has 0 radical (unpaired) electrons. The van der Waals surface area contributed by atoms with Gasteiger partial charge >= 0.3 is 10.2 Å². The lowest BCUT2D eigenvalue weighted by Crippen LogP contribution is -2.30. The molecule has 9 nitrogen and oxygen atoms in total. The zero-order chi connectivity index (χ0) is 25.8. The fraction of sp³-hybridized carbons (Fsp3) is 0.200. The van der Waals surface area contributed by atoms with Crippen molar-refractivity contribution >= 4 is 25.9 Å². The first-order chi connectivity index (χ1) is 17.1. The predicted octanol–water partition coefficient (Wildman–Crippen LogP) is 3.09. The van der Waals surface area contributed by atoms with Gasteiger partial charge in [0.1, 0.15) is 11.4 Å². The molecule has 3 aromatic rings. The summed E-state index contributed by atoms with van der Waals surface area (Å²) in [7, 11) is -7.59. The van der Waals surface area contributed by atoms with E-state index in [9.17, 15) is 27.0 Å². The fourth-order valence-electron chi connectivity index (χ4n) is 4.05. The normalized spacial score (nSPS) is 15.0. The zero-order valence-electron chi connectivity index (χ0n) is 19.3. The molecule has 0 fully saturated rings. The largest absolute Gasteiger partial charge is 0.506 e. The van der Waals surface area contributed by atoms with Crippen molar-refractivity contribution in [3.63, 3.8) is 0 Å². The van der Waals surface area contributed by atoms with Crippen LogP contribution in [-0.4, -0.2) is 39.3 Å². The Morgan fingerprint density at radius 3 is 2.06 bits per heavy atom. The first-order valence-corrected chi connectivity index (χ1v) is 14.4. The summed E-state index contributed by atoms with van der Waals surface area (Å²) >= 11 is 0. The van der Waals surface area contributed by atoms with Crippen molar-refractivity contribution < 1.29 is 27.0 Å². The van der Waals surface area contributed by atoms with Crippen LogP contribution in [0.5, 0.6) is 5.75 Å². The van der Waals surface area contributed by atoms with Gasteiger partial charge in [-0.1, -0.05) is 66.7 Å². The molecule has 4 N–H and O–H groups in total. The third kappa shape index (κ3) is 6.17. The van der Waals surface area contributed by atoms with Crippen LogP contribution in [0.25, 0.3) is 0 Å². The Labute approximate surface area is 211 Å². The van der Waals surface area contributed by atoms with Crippen LogP contribution in [0.3, 0.4) is 0 Å². The highest BCUT2D eigenvalue weighted by atomic mass is 32.2. The summed E-state index contributed by atoms with van der Waals surface area (Å²) in [5.74, 6) is -1.22. The monoisotopic (exact) mass is 529 g/mol. The number of phenols is 1. The number of aryl methyl sites for hydroxylation is 1. The van der Waals surface area contributed by atoms with E-state index in [1.54, 1.807) is 6.07 Å². The summed E-state index contributed by atoms with van der Waals surface area (Å²) in [5.41, 5.74) is 2.54. The molecule has 3 aromatic carbocycles. The number of anilines is 1. The van der Waals surface area contributed by atoms with Gasteiger partial charge in [-0.25, -0.2) is 22.2 Å². The maximum atomic E-state index is 12.9. The van der Waals surface area contributed by atoms with E-state index in [0.29, 0.717) is 18.4 Å². The van der Waals surface area contributed by atoms with Crippen LogP contribution in [0.15, 0.2) is 90.9 Å². The summed E-state index contributed by atoms with van der Waals surface area (Å²) in [4.78, 5) is 0. The standard InChI is InChI=1S/C25H27N3O6S2/c29-24-16-19(13-14-23(24)28-17-25(30)27-36(28,33)34)8-7-15-26-35(31,32)18-22(20-9-3-1-4-10-20)21-11-5-2-6-12-21/h1-6,9-14,16-17,22,26-27,29-30H,7-8,15,18H2. The zero-order valence-corrected chi connectivity index (χ0v) is 20.9. The smallest absolute Gasteiger partial charge is 0.330 e. The molecule has 4 rings (SSSR count). The number of nitrogens with zero attached hydrogens (tertiary/aromatic N) is 1. The van der Waals surface area contributed by atoms with Crippen molar-refractivity contribution in [1.82, 2.24) is 9.44 Å². The first kappa shape index (κ1) is 25.5. The molecule has 0 saturated heterocycles. The highest BCUT2D eigenvalue weighted by molar-refractivity contribution is 7.91. The van der Waals surface area contributed by atoms with Gasteiger partial charge in [-0.15, -0.1) is 0 Å². The summed E-state index contributed by atoms with van der Waals surface area (Å²) < 4.78 is 55.1. The van der Waals surface area contributed by atoms with E-state index >= 15 is 0 Å². The van der Waals surface area contributed by atoms with E-state index in [4.69, 9.17) is 0 Å². The van der Waals surface area contributed by atoms with Crippen LogP contribution >= 0.6 is 0 Å². The summed E-state index contributed by atoms with van der Waals surface area (Å²) in [6, 6.07) is 23.5. The second-order valence-corrected chi connectivity index (χ2v) is 11.8. The average molecular weight is 530 g/mol. The molecule has 0 unspecified atom stereocenters. The average Bonchev–Trinajstić information content (AvgIpc) is 3.13. The molecule has 0 amide bonds. The molecule has 36 heavy (non-hydrogen) atoms. The molecule has 1 aliphatic rings. The molecular formula is C25H27N3O6S2. The van der Waals surface area contributed by atoms with Gasteiger partial charge in [-0.05, 0) is 41.7 Å². The highest BCUT2D eigenvalue weighted by Crippen LogP contribution is 2.32. The second kappa shape index (κ2) is 10.6. The third-order valence-electron chi connectivity index (χ3n) is 5.76. The van der Waals surface area contributed by atoms with Crippen molar-refractivity contribution in [3.8, 4) is 5.75 Å². The van der Waals surface area contributed by atoms with Gasteiger partial charge in [0.2, 0.25) is 15.9 Å². The Bertz CT molecular complexity index is 1400. The number of aliphatic hydroxyl groups excluding tert-OH is 1. The van der Waals surface area contributed by atoms with E-state index < -0.39 is 26.1 Å². The molecule has 0 bridgehead atoms. The van der Waals surface area contributed by atoms with Crippen LogP contribution in [0.1, 0.15) is 29.0 Å². The number of hydrogen-bond donors (Lipinski definition) is 4. The molecule has 0 saturated carbocycles. The van der Waals surface area contributed by atoms with Gasteiger partial charge in [-0.2, -0.15) is 8.42 Å². The van der Waals surface area contributed by atoms with Gasteiger partial charge < -0.3 is 10.2 Å². The van der Waals surface area contributed by atoms with E-state index in [1.165, 1.54) is 12.1 Å². The van der Waals surface area contributed by atoms with Crippen molar-refractivity contribution in [2.24, 2.45) is 0 Å². The molecular weight excluding hydrogens is 502 g/mol. The minimum atomic E-state index is -4.01. The van der Waals surface area contributed by atoms with Crippen molar-refractivity contribution in [2.45, 2.75) is 18.8 Å². The van der Waals surface area contributed by atoms with Crippen LogP contribution in [0, 0.1) is 0 Å². The number of aromatic hydroxyl groups is 1. The second-order valence-electron chi connectivity index (χ2n) is 8.39. The van der Waals surface area contributed by atoms with E-state index in [1.807, 2.05) is 65.4 Å². The number of nitrogens with one attached hydrogen (secondary N) is 2. The highest BCUT2D eigenvalue weighted by Gasteiger charge is 2.30. The van der Waals surface area contributed by atoms with Crippen molar-refractivity contribution in [2.75, 3.05) is 16.6 Å². The Morgan fingerprint density at radius 1 is 0.917 bits per heavy atom. The minimum Gasteiger partial charge on any atom is -0.506 e. The SMILES string of the molecule is O=S(=O)(CC(c1ccccc1)c1ccccc1)NCCCc1ccc(N2C=C(O)NS2(=O)=O)c(O)c1. The molecule has 0 aromatic heterocycles. The number of rotatable bonds is 10. The van der Waals surface area contributed by atoms with E-state index in [-0.39, 0.29) is 29.7 Å². The number of sulfonamides is 1. The van der Waals surface area contributed by atoms with Gasteiger partial charge in [0.05, 0.1) is 12.0 Å². The van der Waals surface area contributed by atoms with Crippen molar-refractivity contribution in [3.05, 3.63) is 108 Å². The molecule has 0 spiro atoms. The molecule has 0 aliphatic carbocycles. The Balaban J connectivity index is 1.36. The van der Waals surface area contributed by atoms with Crippen LogP contribution in [-0.2, 0) is 26.7 Å². The Kier molecular flexibility index (Phi) is 7.53. The lowest BCUT2D eigenvalue weighted by molar-refractivity contribution is 0.392. The summed E-state index contributed by atoms with van der Waals surface area (Å²) in [6.45, 7) is 0.210. The molecule has 1 aliphatic heterocycles. The number of hydrogen-bond acceptors (Lipinski definition) is 6. The maximum absolute atomic E-state index is 12.9. The summed E-state index contributed by atoms with van der Waals surface area (Å²) in [6.07, 6.45) is 1.89. The van der Waals surface area contributed by atoms with Crippen LogP contribution in [0.4, 0.5) is 5.69 Å². The fourth-order valence-corrected chi connectivity index (χ4v) is 6.52. The number of benzene rings is 3. The molecule has 11 heteroatoms. The third-order valence-corrected chi connectivity index (χ3v) is 8.47. The molecule has 190 valence electrons. The van der Waals surface area contributed by atoms with Gasteiger partial charge in [-0.3, -0.25) is 0 Å². The molecule has 0 atom stereocenters. The van der Waals surface area contributed by atoms with E-state index in [2.05, 4.69) is 4.72 Å². The minimum absolute atomic E-state index is 0.0103. The maximum Gasteiger partial charge on any atom is 0.330 e. The van der Waals surface area contributed by atoms with Gasteiger partial charge in [0.15, 0.2) is 0 Å². The van der Waals surface area contributed by atoms with E-state index in [0.717, 1.165) is 21.6 Å². The lowest BCUT2D eigenvalue weighted by Gasteiger charge is -2.19. The van der Waals surface area contributed by atoms with Crippen LogP contribution in [0.2, 0.25) is 0 Å². The number of phenolic OH excluding ortho intramolecular Hbond substituents is 1. The predicted molar refractivity (Wildman–Crippen MR) is 138 cm³/mol. The van der Waals surface area contributed by atoms with Gasteiger partial charge in [0, 0.05) is 12.5 Å².